The van der Waals surface area contributed by atoms with Gasteiger partial charge in [0.05, 0.1) is 12.0 Å². The van der Waals surface area contributed by atoms with Gasteiger partial charge in [-0.25, -0.2) is 4.98 Å². The number of aromatic nitrogens is 2. The van der Waals surface area contributed by atoms with Crippen molar-refractivity contribution in [3.8, 4) is 0 Å². The summed E-state index contributed by atoms with van der Waals surface area (Å²) in [7, 11) is 3.48. The third-order valence-electron chi connectivity index (χ3n) is 1.82. The lowest BCUT2D eigenvalue weighted by molar-refractivity contribution is -0.139. The number of hydrogen-bond acceptors (Lipinski definition) is 3. The molecule has 80 valence electrons. The van der Waals surface area contributed by atoms with Gasteiger partial charge in [-0.05, 0) is 7.05 Å². The maximum Gasteiger partial charge on any atom is 0.321 e. The van der Waals surface area contributed by atoms with Gasteiger partial charge in [0, 0.05) is 19.7 Å². The summed E-state index contributed by atoms with van der Waals surface area (Å²) < 4.78 is 1.80. The van der Waals surface area contributed by atoms with E-state index in [9.17, 15) is 4.79 Å². The van der Waals surface area contributed by atoms with Crippen LogP contribution in [-0.2, 0) is 18.3 Å². The molecule has 0 saturated heterocycles. The Morgan fingerprint density at radius 3 is 2.79 bits per heavy atom. The first-order chi connectivity index (χ1) is 6.13. The molecule has 6 heteroatoms. The molecular formula is C8H14ClN3O2. The second kappa shape index (κ2) is 5.62. The molecule has 0 spiro atoms. The number of aliphatic carboxylic acids is 1. The van der Waals surface area contributed by atoms with Crippen molar-refractivity contribution in [2.24, 2.45) is 7.05 Å². The van der Waals surface area contributed by atoms with Crippen LogP contribution in [0.1, 0.15) is 5.69 Å². The zero-order chi connectivity index (χ0) is 9.84. The number of rotatable bonds is 4. The number of imidazole rings is 1. The number of hydrogen-bond donors (Lipinski definition) is 2. The normalized spacial score (nSPS) is 11.9. The molecule has 0 saturated carbocycles. The fourth-order valence-corrected chi connectivity index (χ4v) is 1.09. The van der Waals surface area contributed by atoms with Gasteiger partial charge in [0.1, 0.15) is 6.04 Å². The zero-order valence-corrected chi connectivity index (χ0v) is 8.91. The molecule has 1 aromatic heterocycles. The van der Waals surface area contributed by atoms with Gasteiger partial charge < -0.3 is 15.0 Å². The van der Waals surface area contributed by atoms with Crippen LogP contribution < -0.4 is 5.32 Å². The molecule has 0 fully saturated rings. The van der Waals surface area contributed by atoms with Gasteiger partial charge in [-0.1, -0.05) is 0 Å². The van der Waals surface area contributed by atoms with Crippen LogP contribution in [0.2, 0.25) is 0 Å². The van der Waals surface area contributed by atoms with Crippen LogP contribution >= 0.6 is 12.4 Å². The van der Waals surface area contributed by atoms with Crippen LogP contribution in [0, 0.1) is 0 Å². The number of carbonyl (C=O) groups is 1. The SMILES string of the molecule is CN[C@@H](Cc1cn(C)cn1)C(=O)O.Cl. The summed E-state index contributed by atoms with van der Waals surface area (Å²) in [5.74, 6) is -0.854. The molecule has 1 atom stereocenters. The van der Waals surface area contributed by atoms with Crippen LogP contribution in [-0.4, -0.2) is 33.7 Å². The standard InChI is InChI=1S/C8H13N3O2.ClH/c1-9-7(8(12)13)3-6-4-11(2)5-10-6;/h4-5,7,9H,3H2,1-2H3,(H,12,13);1H/t7-;/m0./s1. The second-order valence-electron chi connectivity index (χ2n) is 2.91. The van der Waals surface area contributed by atoms with Gasteiger partial charge in [0.2, 0.25) is 0 Å². The first kappa shape index (κ1) is 12.9. The topological polar surface area (TPSA) is 67.2 Å². The van der Waals surface area contributed by atoms with Gasteiger partial charge in [-0.2, -0.15) is 0 Å². The number of nitrogens with one attached hydrogen (secondary N) is 1. The summed E-state index contributed by atoms with van der Waals surface area (Å²) in [5.41, 5.74) is 0.782. The van der Waals surface area contributed by atoms with Crippen molar-refractivity contribution in [3.63, 3.8) is 0 Å². The van der Waals surface area contributed by atoms with E-state index in [0.29, 0.717) is 6.42 Å². The Balaban J connectivity index is 0.00000169. The number of halogens is 1. The molecule has 0 unspecified atom stereocenters. The lowest BCUT2D eigenvalue weighted by Gasteiger charge is -2.08. The Bertz CT molecular complexity index is 301. The number of carboxylic acid groups (broad SMARTS) is 1. The highest BCUT2D eigenvalue weighted by atomic mass is 35.5. The molecule has 0 aliphatic rings. The highest BCUT2D eigenvalue weighted by molar-refractivity contribution is 5.85. The minimum Gasteiger partial charge on any atom is -0.480 e. The molecule has 14 heavy (non-hydrogen) atoms. The molecule has 0 aliphatic carbocycles. The Morgan fingerprint density at radius 2 is 2.43 bits per heavy atom. The first-order valence-corrected chi connectivity index (χ1v) is 4.00. The zero-order valence-electron chi connectivity index (χ0n) is 8.10. The Kier molecular flexibility index (Phi) is 5.19. The van der Waals surface area contributed by atoms with Crippen molar-refractivity contribution in [2.75, 3.05) is 7.05 Å². The quantitative estimate of drug-likeness (QED) is 0.752. The van der Waals surface area contributed by atoms with Crippen molar-refractivity contribution in [1.29, 1.82) is 0 Å². The summed E-state index contributed by atoms with van der Waals surface area (Å²) in [4.78, 5) is 14.7. The summed E-state index contributed by atoms with van der Waals surface area (Å²) in [6, 6.07) is -0.560. The molecule has 0 aromatic carbocycles. The molecule has 1 heterocycles. The van der Waals surface area contributed by atoms with E-state index in [1.165, 1.54) is 0 Å². The first-order valence-electron chi connectivity index (χ1n) is 4.00. The highest BCUT2D eigenvalue weighted by Gasteiger charge is 2.16. The van der Waals surface area contributed by atoms with Crippen molar-refractivity contribution >= 4 is 18.4 Å². The molecule has 0 amide bonds. The van der Waals surface area contributed by atoms with Crippen molar-refractivity contribution in [1.82, 2.24) is 14.9 Å². The molecule has 0 radical (unpaired) electrons. The van der Waals surface area contributed by atoms with Crippen LogP contribution in [0.3, 0.4) is 0 Å². The average Bonchev–Trinajstić information content (AvgIpc) is 2.46. The van der Waals surface area contributed by atoms with E-state index in [1.54, 1.807) is 17.9 Å². The maximum absolute atomic E-state index is 10.6. The molecule has 5 nitrogen and oxygen atoms in total. The highest BCUT2D eigenvalue weighted by Crippen LogP contribution is 1.99. The van der Waals surface area contributed by atoms with E-state index in [2.05, 4.69) is 10.3 Å². The van der Waals surface area contributed by atoms with Crippen LogP contribution in [0.15, 0.2) is 12.5 Å². The number of aryl methyl sites for hydroxylation is 1. The minimum atomic E-state index is -0.854. The van der Waals surface area contributed by atoms with Crippen LogP contribution in [0.25, 0.3) is 0 Å². The Morgan fingerprint density at radius 1 is 1.79 bits per heavy atom. The fraction of sp³-hybridized carbons (Fsp3) is 0.500. The third kappa shape index (κ3) is 3.35. The van der Waals surface area contributed by atoms with E-state index in [0.717, 1.165) is 5.69 Å². The Labute approximate surface area is 88.6 Å². The van der Waals surface area contributed by atoms with Crippen molar-refractivity contribution < 1.29 is 9.90 Å². The molecular weight excluding hydrogens is 206 g/mol. The second-order valence-corrected chi connectivity index (χ2v) is 2.91. The molecule has 0 bridgehead atoms. The average molecular weight is 220 g/mol. The largest absolute Gasteiger partial charge is 0.480 e. The van der Waals surface area contributed by atoms with E-state index in [4.69, 9.17) is 5.11 Å². The lowest BCUT2D eigenvalue weighted by atomic mass is 10.2. The number of nitrogens with zero attached hydrogens (tertiary/aromatic N) is 2. The predicted molar refractivity (Wildman–Crippen MR) is 54.6 cm³/mol. The number of carboxylic acids is 1. The maximum atomic E-state index is 10.6. The Hall–Kier alpha value is -1.07. The number of likely N-dealkylation sites (N-methyl/N-ethyl adjacent to an activating group) is 1. The summed E-state index contributed by atoms with van der Waals surface area (Å²) in [6.45, 7) is 0. The smallest absolute Gasteiger partial charge is 0.321 e. The predicted octanol–water partition coefficient (Wildman–Crippen LogP) is 0.0570. The minimum absolute atomic E-state index is 0. The lowest BCUT2D eigenvalue weighted by Crippen LogP contribution is -2.35. The molecule has 2 N–H and O–H groups in total. The van der Waals surface area contributed by atoms with E-state index < -0.39 is 12.0 Å². The van der Waals surface area contributed by atoms with Gasteiger partial charge in [-0.3, -0.25) is 4.79 Å². The van der Waals surface area contributed by atoms with Gasteiger partial charge in [-0.15, -0.1) is 12.4 Å². The van der Waals surface area contributed by atoms with Crippen molar-refractivity contribution in [2.45, 2.75) is 12.5 Å². The molecule has 1 rings (SSSR count). The summed E-state index contributed by atoms with van der Waals surface area (Å²) in [6.07, 6.45) is 3.88. The summed E-state index contributed by atoms with van der Waals surface area (Å²) >= 11 is 0. The van der Waals surface area contributed by atoms with Crippen LogP contribution in [0.5, 0.6) is 0 Å². The van der Waals surface area contributed by atoms with E-state index in [1.807, 2.05) is 13.2 Å². The molecule has 0 aliphatic heterocycles. The molecule has 1 aromatic rings. The van der Waals surface area contributed by atoms with Gasteiger partial charge in [0.15, 0.2) is 0 Å². The van der Waals surface area contributed by atoms with E-state index >= 15 is 0 Å². The van der Waals surface area contributed by atoms with Gasteiger partial charge in [0.25, 0.3) is 0 Å². The van der Waals surface area contributed by atoms with Gasteiger partial charge >= 0.3 is 5.97 Å². The third-order valence-corrected chi connectivity index (χ3v) is 1.82. The van der Waals surface area contributed by atoms with E-state index in [-0.39, 0.29) is 12.4 Å². The van der Waals surface area contributed by atoms with Crippen molar-refractivity contribution in [3.05, 3.63) is 18.2 Å². The monoisotopic (exact) mass is 219 g/mol. The summed E-state index contributed by atoms with van der Waals surface area (Å²) in [5, 5.41) is 11.5. The van der Waals surface area contributed by atoms with Crippen LogP contribution in [0.4, 0.5) is 0 Å². The fourth-order valence-electron chi connectivity index (χ4n) is 1.09.